The molecule has 0 aliphatic heterocycles. The van der Waals surface area contributed by atoms with E-state index in [1.807, 2.05) is 36.4 Å². The summed E-state index contributed by atoms with van der Waals surface area (Å²) in [6, 6.07) is 18.2. The monoisotopic (exact) mass is 241 g/mol. The number of rotatable bonds is 4. The molecule has 0 aliphatic carbocycles. The summed E-state index contributed by atoms with van der Waals surface area (Å²) >= 11 is 0. The minimum Gasteiger partial charge on any atom is -0.459 e. The Morgan fingerprint density at radius 1 is 1.11 bits per heavy atom. The Kier molecular flexibility index (Phi) is 3.68. The molecule has 0 aliphatic rings. The summed E-state index contributed by atoms with van der Waals surface area (Å²) in [5.74, 6) is -0.388. The molecule has 0 radical (unpaired) electrons. The molecular weight excluding hydrogens is 224 g/mol. The van der Waals surface area contributed by atoms with Gasteiger partial charge >= 0.3 is 5.97 Å². The average molecular weight is 241 g/mol. The fraction of sp³-hybridized carbons (Fsp3) is 0.188. The Morgan fingerprint density at radius 2 is 1.67 bits per heavy atom. The van der Waals surface area contributed by atoms with E-state index >= 15 is 0 Å². The summed E-state index contributed by atoms with van der Waals surface area (Å²) in [5, 5.41) is 0. The van der Waals surface area contributed by atoms with Gasteiger partial charge in [0.25, 0.3) is 0 Å². The van der Waals surface area contributed by atoms with Crippen molar-refractivity contribution in [1.29, 1.82) is 0 Å². The standard InChI is InChI=1S/C16H16O2/c1-13(12-14-8-4-2-5-9-14)18-16(17)15-10-6-3-7-11-15/h2-11,13H,12H2,1H3/t13-/m1/s1/i12D/t12-,13-. The van der Waals surface area contributed by atoms with E-state index in [1.54, 1.807) is 31.2 Å². The minimum atomic E-state index is -0.575. The molecule has 0 saturated heterocycles. The molecule has 2 heteroatoms. The predicted octanol–water partition coefficient (Wildman–Crippen LogP) is 3.47. The molecular formula is C16H16O2. The lowest BCUT2D eigenvalue weighted by atomic mass is 10.1. The first-order valence-electron chi connectivity index (χ1n) is 6.49. The molecule has 0 fully saturated rings. The van der Waals surface area contributed by atoms with E-state index in [9.17, 15) is 4.79 Å². The highest BCUT2D eigenvalue weighted by Crippen LogP contribution is 2.08. The molecule has 92 valence electrons. The summed E-state index contributed by atoms with van der Waals surface area (Å²) in [7, 11) is 0. The van der Waals surface area contributed by atoms with E-state index < -0.39 is 12.5 Å². The van der Waals surface area contributed by atoms with Crippen molar-refractivity contribution in [3.63, 3.8) is 0 Å². The second kappa shape index (κ2) is 6.01. The Morgan fingerprint density at radius 3 is 2.28 bits per heavy atom. The molecule has 2 nitrogen and oxygen atoms in total. The number of carbonyl (C=O) groups excluding carboxylic acids is 1. The van der Waals surface area contributed by atoms with Gasteiger partial charge in [0.2, 0.25) is 0 Å². The van der Waals surface area contributed by atoms with Crippen molar-refractivity contribution < 1.29 is 10.9 Å². The third kappa shape index (κ3) is 3.45. The minimum absolute atomic E-state index is 0.388. The zero-order valence-electron chi connectivity index (χ0n) is 11.2. The van der Waals surface area contributed by atoms with Gasteiger partial charge in [0.15, 0.2) is 0 Å². The van der Waals surface area contributed by atoms with Crippen LogP contribution in [0.3, 0.4) is 0 Å². The molecule has 2 atom stereocenters. The molecule has 18 heavy (non-hydrogen) atoms. The lowest BCUT2D eigenvalue weighted by Gasteiger charge is -2.13. The fourth-order valence-electron chi connectivity index (χ4n) is 1.68. The van der Waals surface area contributed by atoms with Gasteiger partial charge in [0.05, 0.1) is 5.56 Å². The van der Waals surface area contributed by atoms with E-state index in [1.165, 1.54) is 0 Å². The first-order valence-corrected chi connectivity index (χ1v) is 5.91. The second-order valence-corrected chi connectivity index (χ2v) is 4.05. The van der Waals surface area contributed by atoms with Crippen molar-refractivity contribution in [3.8, 4) is 0 Å². The van der Waals surface area contributed by atoms with E-state index in [2.05, 4.69) is 0 Å². The van der Waals surface area contributed by atoms with Crippen molar-refractivity contribution >= 4 is 5.97 Å². The third-order valence-electron chi connectivity index (χ3n) is 2.53. The Balaban J connectivity index is 2.02. The van der Waals surface area contributed by atoms with Crippen LogP contribution in [0.5, 0.6) is 0 Å². The van der Waals surface area contributed by atoms with Crippen molar-refractivity contribution in [3.05, 3.63) is 71.8 Å². The zero-order chi connectivity index (χ0) is 13.7. The van der Waals surface area contributed by atoms with Crippen molar-refractivity contribution in [2.75, 3.05) is 0 Å². The van der Waals surface area contributed by atoms with E-state index in [-0.39, 0.29) is 5.97 Å². The molecule has 0 spiro atoms. The van der Waals surface area contributed by atoms with Crippen LogP contribution in [0.25, 0.3) is 0 Å². The van der Waals surface area contributed by atoms with Crippen LogP contribution in [0, 0.1) is 0 Å². The zero-order valence-corrected chi connectivity index (χ0v) is 10.2. The quantitative estimate of drug-likeness (QED) is 0.766. The van der Waals surface area contributed by atoms with Crippen LogP contribution in [0.1, 0.15) is 24.2 Å². The number of hydrogen-bond acceptors (Lipinski definition) is 2. The normalized spacial score (nSPS) is 14.4. The SMILES string of the molecule is [2H][C@@H](c1ccccc1)[C@@H](C)OC(=O)c1ccccc1. The van der Waals surface area contributed by atoms with Crippen molar-refractivity contribution in [2.45, 2.75) is 19.4 Å². The van der Waals surface area contributed by atoms with Gasteiger partial charge in [-0.05, 0) is 24.6 Å². The molecule has 2 rings (SSSR count). The fourth-order valence-corrected chi connectivity index (χ4v) is 1.68. The maximum atomic E-state index is 11.9. The molecule has 0 saturated carbocycles. The number of esters is 1. The molecule has 2 aromatic rings. The van der Waals surface area contributed by atoms with Gasteiger partial charge in [-0.1, -0.05) is 48.5 Å². The largest absolute Gasteiger partial charge is 0.459 e. The molecule has 2 aromatic carbocycles. The van der Waals surface area contributed by atoms with Crippen molar-refractivity contribution in [1.82, 2.24) is 0 Å². The molecule has 0 bridgehead atoms. The molecule has 0 aromatic heterocycles. The van der Waals surface area contributed by atoms with Crippen LogP contribution >= 0.6 is 0 Å². The van der Waals surface area contributed by atoms with Gasteiger partial charge in [-0.15, -0.1) is 0 Å². The smallest absolute Gasteiger partial charge is 0.338 e. The number of benzene rings is 2. The van der Waals surface area contributed by atoms with Crippen LogP contribution in [-0.2, 0) is 11.1 Å². The highest BCUT2D eigenvalue weighted by molar-refractivity contribution is 5.89. The maximum absolute atomic E-state index is 11.9. The van der Waals surface area contributed by atoms with Crippen molar-refractivity contribution in [2.24, 2.45) is 0 Å². The summed E-state index contributed by atoms with van der Waals surface area (Å²) < 4.78 is 13.4. The topological polar surface area (TPSA) is 26.3 Å². The Labute approximate surface area is 109 Å². The third-order valence-corrected chi connectivity index (χ3v) is 2.53. The Hall–Kier alpha value is -2.09. The van der Waals surface area contributed by atoms with Gasteiger partial charge in [-0.3, -0.25) is 0 Å². The van der Waals surface area contributed by atoms with E-state index in [0.717, 1.165) is 5.56 Å². The Bertz CT molecular complexity index is 525. The van der Waals surface area contributed by atoms with Crippen LogP contribution in [0.2, 0.25) is 0 Å². The van der Waals surface area contributed by atoms with E-state index in [0.29, 0.717) is 5.56 Å². The number of carbonyl (C=O) groups is 1. The number of hydrogen-bond donors (Lipinski definition) is 0. The van der Waals surface area contributed by atoms with E-state index in [4.69, 9.17) is 6.11 Å². The van der Waals surface area contributed by atoms with Gasteiger partial charge in [0, 0.05) is 7.77 Å². The maximum Gasteiger partial charge on any atom is 0.338 e. The summed E-state index contributed by atoms with van der Waals surface area (Å²) in [5.41, 5.74) is 1.35. The first-order chi connectivity index (χ1) is 9.18. The van der Waals surface area contributed by atoms with Gasteiger partial charge in [-0.25, -0.2) is 4.79 Å². The molecule has 0 amide bonds. The molecule has 0 unspecified atom stereocenters. The second-order valence-electron chi connectivity index (χ2n) is 4.05. The van der Waals surface area contributed by atoms with Gasteiger partial charge in [0.1, 0.15) is 6.10 Å². The average Bonchev–Trinajstić information content (AvgIpc) is 2.48. The van der Waals surface area contributed by atoms with Crippen LogP contribution in [-0.4, -0.2) is 12.1 Å². The lowest BCUT2D eigenvalue weighted by molar-refractivity contribution is 0.0343. The summed E-state index contributed by atoms with van der Waals surface area (Å²) in [4.78, 5) is 11.9. The highest BCUT2D eigenvalue weighted by atomic mass is 16.5. The summed E-state index contributed by atoms with van der Waals surface area (Å²) in [6.07, 6.45) is -1.07. The molecule has 0 heterocycles. The van der Waals surface area contributed by atoms with Crippen LogP contribution in [0.15, 0.2) is 60.7 Å². The summed E-state index contributed by atoms with van der Waals surface area (Å²) in [6.45, 7) is 1.74. The highest BCUT2D eigenvalue weighted by Gasteiger charge is 2.11. The van der Waals surface area contributed by atoms with Gasteiger partial charge in [-0.2, -0.15) is 0 Å². The predicted molar refractivity (Wildman–Crippen MR) is 71.5 cm³/mol. The first kappa shape index (κ1) is 11.0. The van der Waals surface area contributed by atoms with Crippen LogP contribution < -0.4 is 0 Å². The van der Waals surface area contributed by atoms with Gasteiger partial charge < -0.3 is 4.74 Å². The van der Waals surface area contributed by atoms with Crippen LogP contribution in [0.4, 0.5) is 0 Å². The number of ether oxygens (including phenoxy) is 1. The lowest BCUT2D eigenvalue weighted by Crippen LogP contribution is -2.17. The molecule has 0 N–H and O–H groups in total.